The van der Waals surface area contributed by atoms with Crippen LogP contribution in [0.3, 0.4) is 0 Å². The maximum Gasteiger partial charge on any atom is 0.396 e. The lowest BCUT2D eigenvalue weighted by Gasteiger charge is -2.26. The van der Waals surface area contributed by atoms with Gasteiger partial charge in [-0.15, -0.1) is 0 Å². The molecule has 0 N–H and O–H groups in total. The Labute approximate surface area is 111 Å². The summed E-state index contributed by atoms with van der Waals surface area (Å²) in [6.45, 7) is 4.24. The maximum absolute atomic E-state index is 13.2. The zero-order valence-electron chi connectivity index (χ0n) is 11.3. The fourth-order valence-electron chi connectivity index (χ4n) is 3.42. The molecule has 2 nitrogen and oxygen atoms in total. The Bertz CT molecular complexity index is 483. The van der Waals surface area contributed by atoms with Gasteiger partial charge < -0.3 is 0 Å². The third-order valence-corrected chi connectivity index (χ3v) is 4.55. The summed E-state index contributed by atoms with van der Waals surface area (Å²) in [6, 6.07) is -0.469. The topological polar surface area (TPSA) is 17.8 Å². The molecule has 0 bridgehead atoms. The van der Waals surface area contributed by atoms with Crippen LogP contribution in [0.25, 0.3) is 0 Å². The van der Waals surface area contributed by atoms with Crippen molar-refractivity contribution in [2.24, 2.45) is 11.3 Å². The normalized spacial score (nSPS) is 24.8. The van der Waals surface area contributed by atoms with Crippen LogP contribution in [0.2, 0.25) is 0 Å². The summed E-state index contributed by atoms with van der Waals surface area (Å²) in [5.74, 6) is 0.505. The zero-order chi connectivity index (χ0) is 13.8. The second kappa shape index (κ2) is 4.00. The number of aromatic nitrogens is 2. The summed E-state index contributed by atoms with van der Waals surface area (Å²) in [7, 11) is 0. The van der Waals surface area contributed by atoms with E-state index in [0.717, 1.165) is 24.1 Å². The minimum Gasteiger partial charge on any atom is -0.265 e. The van der Waals surface area contributed by atoms with Crippen molar-refractivity contribution in [3.05, 3.63) is 17.5 Å². The van der Waals surface area contributed by atoms with Crippen molar-refractivity contribution in [1.29, 1.82) is 0 Å². The lowest BCUT2D eigenvalue weighted by molar-refractivity contribution is -0.200. The van der Waals surface area contributed by atoms with Crippen LogP contribution in [0.1, 0.15) is 50.4 Å². The van der Waals surface area contributed by atoms with E-state index in [9.17, 15) is 13.2 Å². The molecule has 0 radical (unpaired) electrons. The summed E-state index contributed by atoms with van der Waals surface area (Å²) >= 11 is 0. The lowest BCUT2D eigenvalue weighted by atomic mass is 9.94. The molecule has 0 amide bonds. The van der Waals surface area contributed by atoms with Crippen molar-refractivity contribution in [3.63, 3.8) is 0 Å². The van der Waals surface area contributed by atoms with Gasteiger partial charge in [0.2, 0.25) is 0 Å². The third kappa shape index (κ3) is 1.89. The van der Waals surface area contributed by atoms with Crippen LogP contribution in [-0.2, 0) is 12.8 Å². The van der Waals surface area contributed by atoms with Crippen LogP contribution in [0.15, 0.2) is 6.20 Å². The Morgan fingerprint density at radius 2 is 2.11 bits per heavy atom. The van der Waals surface area contributed by atoms with E-state index in [2.05, 4.69) is 18.9 Å². The van der Waals surface area contributed by atoms with E-state index in [1.807, 2.05) is 0 Å². The van der Waals surface area contributed by atoms with Crippen LogP contribution in [0.5, 0.6) is 0 Å². The molecule has 1 fully saturated rings. The van der Waals surface area contributed by atoms with Crippen LogP contribution < -0.4 is 0 Å². The molecule has 5 heteroatoms. The first-order chi connectivity index (χ1) is 8.85. The van der Waals surface area contributed by atoms with Gasteiger partial charge in [0, 0.05) is 5.69 Å². The van der Waals surface area contributed by atoms with E-state index >= 15 is 0 Å². The number of fused-ring (bicyclic) bond motifs is 1. The largest absolute Gasteiger partial charge is 0.396 e. The minimum atomic E-state index is -4.09. The van der Waals surface area contributed by atoms with Crippen LogP contribution in [0.4, 0.5) is 13.2 Å². The van der Waals surface area contributed by atoms with E-state index in [0.29, 0.717) is 12.3 Å². The maximum atomic E-state index is 13.2. The number of alkyl halides is 3. The molecule has 2 aliphatic rings. The zero-order valence-corrected chi connectivity index (χ0v) is 11.3. The van der Waals surface area contributed by atoms with Gasteiger partial charge in [0.15, 0.2) is 0 Å². The van der Waals surface area contributed by atoms with E-state index < -0.39 is 17.6 Å². The Kier molecular flexibility index (Phi) is 2.74. The SMILES string of the molecule is CC(C)Cc1cnn2c1CC[C@@H]2C1(C(F)(F)F)CC1. The van der Waals surface area contributed by atoms with Gasteiger partial charge in [-0.3, -0.25) is 4.68 Å². The molecule has 1 aromatic heterocycles. The van der Waals surface area contributed by atoms with Crippen LogP contribution in [0, 0.1) is 11.3 Å². The second-order valence-corrected chi connectivity index (χ2v) is 6.37. The molecule has 0 spiro atoms. The molecular weight excluding hydrogens is 253 g/mol. The first kappa shape index (κ1) is 13.0. The summed E-state index contributed by atoms with van der Waals surface area (Å²) < 4.78 is 41.3. The summed E-state index contributed by atoms with van der Waals surface area (Å²) in [6.07, 6.45) is 0.441. The number of hydrogen-bond donors (Lipinski definition) is 0. The average Bonchev–Trinajstić information content (AvgIpc) is 2.85. The Balaban J connectivity index is 1.90. The number of rotatable bonds is 3. The Hall–Kier alpha value is -1.00. The van der Waals surface area contributed by atoms with Crippen molar-refractivity contribution in [3.8, 4) is 0 Å². The number of nitrogens with zero attached hydrogens (tertiary/aromatic N) is 2. The molecule has 3 rings (SSSR count). The molecule has 1 aliphatic carbocycles. The molecule has 1 atom stereocenters. The van der Waals surface area contributed by atoms with Crippen LogP contribution in [-0.4, -0.2) is 16.0 Å². The predicted molar refractivity (Wildman–Crippen MR) is 65.8 cm³/mol. The minimum absolute atomic E-state index is 0.264. The van der Waals surface area contributed by atoms with Crippen molar-refractivity contribution >= 4 is 0 Å². The predicted octanol–water partition coefficient (Wildman–Crippen LogP) is 3.91. The fraction of sp³-hybridized carbons (Fsp3) is 0.786. The van der Waals surface area contributed by atoms with Crippen LogP contribution >= 0.6 is 0 Å². The summed E-state index contributed by atoms with van der Waals surface area (Å²) in [5.41, 5.74) is 0.684. The molecular formula is C14H19F3N2. The highest BCUT2D eigenvalue weighted by molar-refractivity contribution is 5.24. The summed E-state index contributed by atoms with van der Waals surface area (Å²) in [5, 5.41) is 4.27. The van der Waals surface area contributed by atoms with Crippen molar-refractivity contribution in [2.75, 3.05) is 0 Å². The van der Waals surface area contributed by atoms with E-state index in [1.165, 1.54) is 0 Å². The van der Waals surface area contributed by atoms with E-state index in [1.54, 1.807) is 10.9 Å². The van der Waals surface area contributed by atoms with Gasteiger partial charge in [-0.25, -0.2) is 0 Å². The molecule has 0 aromatic carbocycles. The van der Waals surface area contributed by atoms with Crippen molar-refractivity contribution in [2.45, 2.75) is 58.2 Å². The highest BCUT2D eigenvalue weighted by Crippen LogP contribution is 2.66. The van der Waals surface area contributed by atoms with Crippen molar-refractivity contribution in [1.82, 2.24) is 9.78 Å². The third-order valence-electron chi connectivity index (χ3n) is 4.55. The Morgan fingerprint density at radius 1 is 1.42 bits per heavy atom. The van der Waals surface area contributed by atoms with Gasteiger partial charge >= 0.3 is 6.18 Å². The number of hydrogen-bond acceptors (Lipinski definition) is 1. The number of halogens is 3. The van der Waals surface area contributed by atoms with Gasteiger partial charge in [-0.2, -0.15) is 18.3 Å². The van der Waals surface area contributed by atoms with Gasteiger partial charge in [0.25, 0.3) is 0 Å². The molecule has 106 valence electrons. The first-order valence-electron chi connectivity index (χ1n) is 6.97. The van der Waals surface area contributed by atoms with Gasteiger partial charge in [0.05, 0.1) is 17.7 Å². The summed E-state index contributed by atoms with van der Waals surface area (Å²) in [4.78, 5) is 0. The molecule has 0 saturated heterocycles. The fourth-order valence-corrected chi connectivity index (χ4v) is 3.42. The lowest BCUT2D eigenvalue weighted by Crippen LogP contribution is -2.33. The van der Waals surface area contributed by atoms with Crippen molar-refractivity contribution < 1.29 is 13.2 Å². The smallest absolute Gasteiger partial charge is 0.265 e. The molecule has 19 heavy (non-hydrogen) atoms. The molecule has 1 aliphatic heterocycles. The van der Waals surface area contributed by atoms with Gasteiger partial charge in [0.1, 0.15) is 0 Å². The molecule has 2 heterocycles. The standard InChI is InChI=1S/C14H19F3N2/c1-9(2)7-10-8-18-19-11(10)3-4-12(19)13(5-6-13)14(15,16)17/h8-9,12H,3-7H2,1-2H3/t12-/m1/s1. The molecule has 1 saturated carbocycles. The van der Waals surface area contributed by atoms with Gasteiger partial charge in [-0.05, 0) is 43.6 Å². The van der Waals surface area contributed by atoms with E-state index in [4.69, 9.17) is 0 Å². The second-order valence-electron chi connectivity index (χ2n) is 6.37. The highest BCUT2D eigenvalue weighted by Gasteiger charge is 2.68. The van der Waals surface area contributed by atoms with Gasteiger partial charge in [-0.1, -0.05) is 13.8 Å². The average molecular weight is 272 g/mol. The first-order valence-corrected chi connectivity index (χ1v) is 6.97. The quantitative estimate of drug-likeness (QED) is 0.815. The molecule has 1 aromatic rings. The molecule has 0 unspecified atom stereocenters. The monoisotopic (exact) mass is 272 g/mol. The highest BCUT2D eigenvalue weighted by atomic mass is 19.4. The van der Waals surface area contributed by atoms with E-state index in [-0.39, 0.29) is 12.8 Å². The Morgan fingerprint density at radius 3 is 2.63 bits per heavy atom.